The van der Waals surface area contributed by atoms with Crippen LogP contribution < -0.4 is 25.8 Å². The summed E-state index contributed by atoms with van der Waals surface area (Å²) in [6.45, 7) is 3.70. The number of aliphatic imine (C=N–C) groups is 1. The number of hydrogen-bond acceptors (Lipinski definition) is 8. The number of anilines is 3. The Hall–Kier alpha value is -3.59. The second-order valence-corrected chi connectivity index (χ2v) is 8.63. The van der Waals surface area contributed by atoms with E-state index in [1.165, 1.54) is 0 Å². The quantitative estimate of drug-likeness (QED) is 0.570. The highest BCUT2D eigenvalue weighted by Crippen LogP contribution is 2.30. The van der Waals surface area contributed by atoms with Crippen LogP contribution in [0, 0.1) is 0 Å². The molecule has 1 atom stereocenters. The minimum Gasteiger partial charge on any atom is -0.393 e. The molecule has 4 heterocycles. The molecule has 1 aromatic heterocycles. The molecule has 5 rings (SSSR count). The highest BCUT2D eigenvalue weighted by Gasteiger charge is 2.36. The van der Waals surface area contributed by atoms with Crippen molar-refractivity contribution in [3.8, 4) is 0 Å². The van der Waals surface area contributed by atoms with E-state index in [2.05, 4.69) is 25.8 Å². The topological polar surface area (TPSA) is 105 Å². The molecule has 33 heavy (non-hydrogen) atoms. The summed E-state index contributed by atoms with van der Waals surface area (Å²) in [5, 5.41) is 19.6. The Balaban J connectivity index is 1.36. The lowest BCUT2D eigenvalue weighted by atomic mass is 10.1. The van der Waals surface area contributed by atoms with E-state index in [0.29, 0.717) is 23.5 Å². The van der Waals surface area contributed by atoms with Crippen LogP contribution in [0.4, 0.5) is 17.2 Å². The molecule has 1 aromatic carbocycles. The van der Waals surface area contributed by atoms with Gasteiger partial charge in [-0.05, 0) is 37.1 Å². The zero-order chi connectivity index (χ0) is 23.0. The minimum absolute atomic E-state index is 0.157. The van der Waals surface area contributed by atoms with Crippen LogP contribution in [-0.2, 0) is 0 Å². The van der Waals surface area contributed by atoms with Gasteiger partial charge >= 0.3 is 0 Å². The second kappa shape index (κ2) is 8.40. The molecule has 0 spiro atoms. The van der Waals surface area contributed by atoms with Crippen LogP contribution in [0.1, 0.15) is 36.5 Å². The number of pyridine rings is 1. The van der Waals surface area contributed by atoms with Crippen molar-refractivity contribution in [3.63, 3.8) is 0 Å². The van der Waals surface area contributed by atoms with Crippen molar-refractivity contribution in [2.75, 3.05) is 35.3 Å². The first-order chi connectivity index (χ1) is 16.0. The molecular formula is C24H29N7O2. The summed E-state index contributed by atoms with van der Waals surface area (Å²) in [5.41, 5.74) is 3.11. The van der Waals surface area contributed by atoms with E-state index in [0.717, 1.165) is 43.1 Å². The van der Waals surface area contributed by atoms with E-state index in [9.17, 15) is 9.90 Å². The summed E-state index contributed by atoms with van der Waals surface area (Å²) in [6.07, 6.45) is 5.57. The fourth-order valence-electron chi connectivity index (χ4n) is 4.47. The molecule has 2 aromatic rings. The normalized spacial score (nSPS) is 22.8. The molecule has 172 valence electrons. The van der Waals surface area contributed by atoms with E-state index in [-0.39, 0.29) is 12.0 Å². The van der Waals surface area contributed by atoms with Crippen LogP contribution >= 0.6 is 0 Å². The van der Waals surface area contributed by atoms with Crippen LogP contribution in [0.25, 0.3) is 0 Å². The number of aliphatic hydroxyl groups is 1. The van der Waals surface area contributed by atoms with Gasteiger partial charge in [0.2, 0.25) is 5.79 Å². The third-order valence-electron chi connectivity index (χ3n) is 6.51. The molecule has 1 fully saturated rings. The number of aromatic nitrogens is 1. The van der Waals surface area contributed by atoms with Crippen LogP contribution in [0.3, 0.4) is 0 Å². The Bertz CT molecular complexity index is 1110. The molecule has 0 saturated carbocycles. The number of piperidine rings is 1. The molecular weight excluding hydrogens is 418 g/mol. The number of nitrogens with zero attached hydrogens (tertiary/aromatic N) is 4. The number of rotatable bonds is 4. The molecule has 9 nitrogen and oxygen atoms in total. The Morgan fingerprint density at radius 1 is 1.21 bits per heavy atom. The first-order valence-electron chi connectivity index (χ1n) is 11.4. The molecule has 1 unspecified atom stereocenters. The van der Waals surface area contributed by atoms with Gasteiger partial charge < -0.3 is 30.9 Å². The van der Waals surface area contributed by atoms with Gasteiger partial charge in [-0.15, -0.1) is 0 Å². The number of carbonyl (C=O) groups excluding carboxylic acids is 1. The molecule has 1 amide bonds. The fraction of sp³-hybridized carbons (Fsp3) is 0.375. The zero-order valence-corrected chi connectivity index (χ0v) is 18.9. The van der Waals surface area contributed by atoms with Gasteiger partial charge in [-0.25, -0.2) is 9.98 Å². The van der Waals surface area contributed by atoms with Crippen molar-refractivity contribution >= 4 is 29.3 Å². The second-order valence-electron chi connectivity index (χ2n) is 8.63. The standard InChI is InChI=1S/C24H29N7O2/c1-3-24(28-21-9-8-16(14-25-21)31-12-10-17(32)11-13-31)26-15-19-22(29-24)30(2)20-7-5-4-6-18(20)23(33)27-19/h4-9,14-15,17,29,32H,3,10-13H2,1-2H3,(H,25,28)(H,27,33). The molecule has 9 heteroatoms. The Morgan fingerprint density at radius 2 is 2.00 bits per heavy atom. The highest BCUT2D eigenvalue weighted by molar-refractivity contribution is 6.05. The molecule has 0 aliphatic carbocycles. The number of benzene rings is 1. The number of nitrogens with one attached hydrogen (secondary N) is 3. The Morgan fingerprint density at radius 3 is 2.73 bits per heavy atom. The fourth-order valence-corrected chi connectivity index (χ4v) is 4.47. The van der Waals surface area contributed by atoms with Crippen molar-refractivity contribution in [2.45, 2.75) is 38.1 Å². The van der Waals surface area contributed by atoms with E-state index < -0.39 is 5.79 Å². The van der Waals surface area contributed by atoms with Crippen molar-refractivity contribution in [1.29, 1.82) is 0 Å². The molecule has 3 aliphatic heterocycles. The average Bonchev–Trinajstić information content (AvgIpc) is 2.95. The smallest absolute Gasteiger partial charge is 0.257 e. The minimum atomic E-state index is -0.805. The van der Waals surface area contributed by atoms with Gasteiger partial charge in [-0.1, -0.05) is 19.1 Å². The molecule has 0 radical (unpaired) electrons. The van der Waals surface area contributed by atoms with Gasteiger partial charge in [0.15, 0.2) is 0 Å². The first-order valence-corrected chi connectivity index (χ1v) is 11.4. The van der Waals surface area contributed by atoms with Gasteiger partial charge in [0.25, 0.3) is 5.91 Å². The number of allylic oxidation sites excluding steroid dienone is 1. The number of amides is 1. The number of fused-ring (bicyclic) bond motifs is 1. The summed E-state index contributed by atoms with van der Waals surface area (Å²) in [6, 6.07) is 11.5. The number of aliphatic hydroxyl groups excluding tert-OH is 1. The Kier molecular flexibility index (Phi) is 5.41. The maximum absolute atomic E-state index is 12.7. The van der Waals surface area contributed by atoms with Crippen LogP contribution in [0.15, 0.2) is 59.1 Å². The summed E-state index contributed by atoms with van der Waals surface area (Å²) in [4.78, 5) is 26.3. The molecule has 4 N–H and O–H groups in total. The lowest BCUT2D eigenvalue weighted by Gasteiger charge is -2.38. The molecule has 1 saturated heterocycles. The predicted molar refractivity (Wildman–Crippen MR) is 129 cm³/mol. The van der Waals surface area contributed by atoms with Gasteiger partial charge in [0.05, 0.1) is 35.5 Å². The van der Waals surface area contributed by atoms with Crippen molar-refractivity contribution in [3.05, 3.63) is 59.7 Å². The zero-order valence-electron chi connectivity index (χ0n) is 18.9. The van der Waals surface area contributed by atoms with Gasteiger partial charge in [0.1, 0.15) is 17.3 Å². The third kappa shape index (κ3) is 4.00. The lowest BCUT2D eigenvalue weighted by Crippen LogP contribution is -2.55. The largest absolute Gasteiger partial charge is 0.393 e. The van der Waals surface area contributed by atoms with Crippen molar-refractivity contribution < 1.29 is 9.90 Å². The third-order valence-corrected chi connectivity index (χ3v) is 6.51. The van der Waals surface area contributed by atoms with Crippen LogP contribution in [0.5, 0.6) is 0 Å². The van der Waals surface area contributed by atoms with Gasteiger partial charge in [-0.3, -0.25) is 4.79 Å². The van der Waals surface area contributed by atoms with Crippen molar-refractivity contribution in [2.24, 2.45) is 4.99 Å². The average molecular weight is 448 g/mol. The van der Waals surface area contributed by atoms with E-state index in [1.54, 1.807) is 6.21 Å². The van der Waals surface area contributed by atoms with Crippen LogP contribution in [0.2, 0.25) is 0 Å². The summed E-state index contributed by atoms with van der Waals surface area (Å²) in [5.74, 6) is 0.504. The summed E-state index contributed by atoms with van der Waals surface area (Å²) >= 11 is 0. The lowest BCUT2D eigenvalue weighted by molar-refractivity contribution is 0.0969. The van der Waals surface area contributed by atoms with E-state index >= 15 is 0 Å². The number of carbonyl (C=O) groups is 1. The predicted octanol–water partition coefficient (Wildman–Crippen LogP) is 2.24. The summed E-state index contributed by atoms with van der Waals surface area (Å²) < 4.78 is 0. The van der Waals surface area contributed by atoms with Gasteiger partial charge in [0, 0.05) is 26.6 Å². The summed E-state index contributed by atoms with van der Waals surface area (Å²) in [7, 11) is 1.93. The maximum atomic E-state index is 12.7. The Labute approximate surface area is 193 Å². The molecule has 3 aliphatic rings. The first kappa shape index (κ1) is 21.3. The van der Waals surface area contributed by atoms with Crippen molar-refractivity contribution in [1.82, 2.24) is 15.6 Å². The SMILES string of the molecule is CCC1(Nc2ccc(N3CCC(O)CC3)cn2)N=CC2=C(N1)N(C)c1ccccc1C(=O)N2. The number of para-hydroxylation sites is 1. The monoisotopic (exact) mass is 447 g/mol. The van der Waals surface area contributed by atoms with Crippen LogP contribution in [-0.4, -0.2) is 54.2 Å². The maximum Gasteiger partial charge on any atom is 0.257 e. The van der Waals surface area contributed by atoms with E-state index in [4.69, 9.17) is 4.99 Å². The highest BCUT2D eigenvalue weighted by atomic mass is 16.3. The molecule has 0 bridgehead atoms. The van der Waals surface area contributed by atoms with Gasteiger partial charge in [-0.2, -0.15) is 0 Å². The van der Waals surface area contributed by atoms with E-state index in [1.807, 2.05) is 61.5 Å². The number of hydrogen-bond donors (Lipinski definition) is 4.